The Morgan fingerprint density at radius 3 is 2.14 bits per heavy atom. The van der Waals surface area contributed by atoms with Crippen molar-refractivity contribution in [3.63, 3.8) is 0 Å². The Labute approximate surface area is 87.0 Å². The van der Waals surface area contributed by atoms with Gasteiger partial charge in [0.15, 0.2) is 0 Å². The van der Waals surface area contributed by atoms with Crippen molar-refractivity contribution in [3.8, 4) is 0 Å². The fraction of sp³-hybridized carbons (Fsp3) is 0.900. The van der Waals surface area contributed by atoms with E-state index in [0.717, 1.165) is 0 Å². The smallest absolute Gasteiger partial charge is 0.246 e. The number of amides is 1. The predicted molar refractivity (Wildman–Crippen MR) is 59.9 cm³/mol. The minimum absolute atomic E-state index is 0.287. The molecule has 4 heteroatoms. The lowest BCUT2D eigenvalue weighted by Crippen LogP contribution is -2.58. The van der Waals surface area contributed by atoms with Crippen LogP contribution in [0.5, 0.6) is 0 Å². The maximum atomic E-state index is 11.1. The molecule has 3 nitrogen and oxygen atoms in total. The molecule has 1 heterocycles. The molecule has 0 spiro atoms. The third-order valence-corrected chi connectivity index (χ3v) is 10.2. The van der Waals surface area contributed by atoms with E-state index in [9.17, 15) is 4.79 Å². The van der Waals surface area contributed by atoms with Crippen molar-refractivity contribution >= 4 is 14.0 Å². The first-order chi connectivity index (χ1) is 6.18. The molecule has 1 aliphatic heterocycles. The summed E-state index contributed by atoms with van der Waals surface area (Å²) in [5, 5.41) is 0.287. The van der Waals surface area contributed by atoms with Crippen molar-refractivity contribution in [2.45, 2.75) is 50.5 Å². The highest BCUT2D eigenvalue weighted by Crippen LogP contribution is 2.48. The van der Waals surface area contributed by atoms with Gasteiger partial charge in [-0.25, -0.2) is 0 Å². The van der Waals surface area contributed by atoms with Gasteiger partial charge in [0.05, 0.1) is 14.7 Å². The summed E-state index contributed by atoms with van der Waals surface area (Å²) in [7, 11) is -1.47. The molecule has 1 aliphatic rings. The van der Waals surface area contributed by atoms with E-state index in [4.69, 9.17) is 10.5 Å². The first kappa shape index (κ1) is 11.7. The normalized spacial score (nSPS) is 28.4. The van der Waals surface area contributed by atoms with E-state index in [1.807, 2.05) is 0 Å². The van der Waals surface area contributed by atoms with Gasteiger partial charge in [-0.3, -0.25) is 4.79 Å². The van der Waals surface area contributed by atoms with E-state index in [1.165, 1.54) is 0 Å². The quantitative estimate of drug-likeness (QED) is 0.713. The standard InChI is InChI=1S/C10H21NO2Si/c1-10(2,3)14(4,5)7-6-13-8(7)9(11)12/h7-8H,6H2,1-5H3,(H2,11,12). The Kier molecular flexibility index (Phi) is 2.80. The molecule has 82 valence electrons. The van der Waals surface area contributed by atoms with Crippen LogP contribution in [0.1, 0.15) is 20.8 Å². The zero-order valence-corrected chi connectivity index (χ0v) is 10.8. The highest BCUT2D eigenvalue weighted by Gasteiger charge is 2.52. The average molecular weight is 215 g/mol. The molecule has 0 saturated carbocycles. The van der Waals surface area contributed by atoms with Gasteiger partial charge >= 0.3 is 0 Å². The van der Waals surface area contributed by atoms with E-state index in [2.05, 4.69) is 33.9 Å². The second-order valence-electron chi connectivity index (χ2n) is 5.73. The molecule has 0 aromatic heterocycles. The molecule has 0 radical (unpaired) electrons. The van der Waals surface area contributed by atoms with Gasteiger partial charge in [-0.15, -0.1) is 0 Å². The number of hydrogen-bond acceptors (Lipinski definition) is 2. The summed E-state index contributed by atoms with van der Waals surface area (Å²) in [5.41, 5.74) is 5.68. The van der Waals surface area contributed by atoms with Crippen LogP contribution in [0.2, 0.25) is 23.7 Å². The fourth-order valence-corrected chi connectivity index (χ4v) is 4.35. The Morgan fingerprint density at radius 2 is 1.93 bits per heavy atom. The molecule has 0 aromatic rings. The van der Waals surface area contributed by atoms with Gasteiger partial charge in [-0.1, -0.05) is 33.9 Å². The molecule has 0 aromatic carbocycles. The van der Waals surface area contributed by atoms with Crippen molar-refractivity contribution in [2.24, 2.45) is 5.73 Å². The van der Waals surface area contributed by atoms with Crippen LogP contribution in [-0.2, 0) is 9.53 Å². The van der Waals surface area contributed by atoms with Gasteiger partial charge in [0.1, 0.15) is 6.10 Å². The molecular formula is C10H21NO2Si. The molecule has 1 amide bonds. The van der Waals surface area contributed by atoms with Crippen molar-refractivity contribution in [3.05, 3.63) is 0 Å². The zero-order chi connectivity index (χ0) is 11.1. The molecule has 0 bridgehead atoms. The number of nitrogens with two attached hydrogens (primary N) is 1. The minimum atomic E-state index is -1.47. The topological polar surface area (TPSA) is 52.3 Å². The highest BCUT2D eigenvalue weighted by molar-refractivity contribution is 6.82. The molecule has 2 atom stereocenters. The maximum Gasteiger partial charge on any atom is 0.246 e. The Bertz CT molecular complexity index is 245. The number of ether oxygens (including phenoxy) is 1. The molecule has 0 aliphatic carbocycles. The van der Waals surface area contributed by atoms with Crippen molar-refractivity contribution < 1.29 is 9.53 Å². The SMILES string of the molecule is CC(C)(C)[Si](C)(C)C1COC1C(N)=O. The number of rotatable bonds is 2. The second-order valence-corrected chi connectivity index (χ2v) is 11.4. The first-order valence-electron chi connectivity index (χ1n) is 5.09. The molecule has 1 rings (SSSR count). The van der Waals surface area contributed by atoms with E-state index in [0.29, 0.717) is 12.1 Å². The Balaban J connectivity index is 2.79. The molecule has 2 N–H and O–H groups in total. The monoisotopic (exact) mass is 215 g/mol. The van der Waals surface area contributed by atoms with Crippen LogP contribution in [0.25, 0.3) is 0 Å². The number of primary amides is 1. The van der Waals surface area contributed by atoms with Crippen LogP contribution in [-0.4, -0.2) is 26.7 Å². The molecule has 1 fully saturated rings. The van der Waals surface area contributed by atoms with Crippen LogP contribution in [0, 0.1) is 0 Å². The summed E-state index contributed by atoms with van der Waals surface area (Å²) in [4.78, 5) is 11.1. The fourth-order valence-electron chi connectivity index (χ4n) is 1.71. The lowest BCUT2D eigenvalue weighted by atomic mass is 10.1. The number of carbonyl (C=O) groups is 1. The third-order valence-electron chi connectivity index (χ3n) is 3.96. The van der Waals surface area contributed by atoms with Crippen LogP contribution < -0.4 is 5.73 Å². The predicted octanol–water partition coefficient (Wildman–Crippen LogP) is 1.75. The summed E-state index contributed by atoms with van der Waals surface area (Å²) in [5.74, 6) is -0.300. The van der Waals surface area contributed by atoms with Crippen LogP contribution >= 0.6 is 0 Å². The van der Waals surface area contributed by atoms with E-state index < -0.39 is 8.07 Å². The van der Waals surface area contributed by atoms with Crippen molar-refractivity contribution in [1.82, 2.24) is 0 Å². The Morgan fingerprint density at radius 1 is 1.43 bits per heavy atom. The summed E-state index contributed by atoms with van der Waals surface area (Å²) in [6.45, 7) is 12.1. The van der Waals surface area contributed by atoms with Gasteiger partial charge in [0.2, 0.25) is 5.91 Å². The summed E-state index contributed by atoms with van der Waals surface area (Å²) in [6.07, 6.45) is -0.323. The number of hydrogen-bond donors (Lipinski definition) is 1. The zero-order valence-electron chi connectivity index (χ0n) is 9.76. The lowest BCUT2D eigenvalue weighted by molar-refractivity contribution is -0.141. The summed E-state index contributed by atoms with van der Waals surface area (Å²) in [6, 6.07) is 0. The van der Waals surface area contributed by atoms with E-state index in [1.54, 1.807) is 0 Å². The second kappa shape index (κ2) is 3.34. The number of carbonyl (C=O) groups excluding carboxylic acids is 1. The maximum absolute atomic E-state index is 11.1. The largest absolute Gasteiger partial charge is 0.368 e. The summed E-state index contributed by atoms with van der Waals surface area (Å²) < 4.78 is 5.25. The van der Waals surface area contributed by atoms with E-state index in [-0.39, 0.29) is 17.0 Å². The van der Waals surface area contributed by atoms with Gasteiger partial charge in [0.25, 0.3) is 0 Å². The van der Waals surface area contributed by atoms with Gasteiger partial charge in [-0.05, 0) is 5.04 Å². The highest BCUT2D eigenvalue weighted by atomic mass is 28.3. The molecule has 1 saturated heterocycles. The van der Waals surface area contributed by atoms with Crippen LogP contribution in [0.3, 0.4) is 0 Å². The van der Waals surface area contributed by atoms with Crippen molar-refractivity contribution in [2.75, 3.05) is 6.61 Å². The molecular weight excluding hydrogens is 194 g/mol. The molecule has 2 unspecified atom stereocenters. The van der Waals surface area contributed by atoms with Gasteiger partial charge < -0.3 is 10.5 Å². The van der Waals surface area contributed by atoms with Crippen molar-refractivity contribution in [1.29, 1.82) is 0 Å². The third kappa shape index (κ3) is 1.73. The Hall–Kier alpha value is -0.353. The van der Waals surface area contributed by atoms with Gasteiger partial charge in [0, 0.05) is 5.54 Å². The molecule has 14 heavy (non-hydrogen) atoms. The van der Waals surface area contributed by atoms with E-state index >= 15 is 0 Å². The summed E-state index contributed by atoms with van der Waals surface area (Å²) >= 11 is 0. The average Bonchev–Trinajstić information content (AvgIpc) is 1.77. The van der Waals surface area contributed by atoms with Gasteiger partial charge in [-0.2, -0.15) is 0 Å². The first-order valence-corrected chi connectivity index (χ1v) is 8.16. The van der Waals surface area contributed by atoms with Crippen LogP contribution in [0.15, 0.2) is 0 Å². The lowest BCUT2D eigenvalue weighted by Gasteiger charge is -2.50. The minimum Gasteiger partial charge on any atom is -0.368 e. The van der Waals surface area contributed by atoms with Crippen LogP contribution in [0.4, 0.5) is 0 Å².